The van der Waals surface area contributed by atoms with E-state index < -0.39 is 4.92 Å². The van der Waals surface area contributed by atoms with E-state index in [1.54, 1.807) is 7.05 Å². The lowest BCUT2D eigenvalue weighted by molar-refractivity contribution is -0.384. The van der Waals surface area contributed by atoms with Gasteiger partial charge in [0.15, 0.2) is 0 Å². The second-order valence-corrected chi connectivity index (χ2v) is 5.20. The molecule has 0 radical (unpaired) electrons. The third-order valence-corrected chi connectivity index (χ3v) is 3.58. The van der Waals surface area contributed by atoms with E-state index in [-0.39, 0.29) is 11.5 Å². The van der Waals surface area contributed by atoms with Crippen molar-refractivity contribution >= 4 is 57.8 Å². The third kappa shape index (κ3) is 3.66. The standard InChI is InChI=1S/C12H9Cl3N4O2/c1-16-11-2-6(19(20)21)3-12(18-11)17-10-5-8(14)7(13)4-9(10)15/h2-5H,1H3,(H2,16,17,18). The maximum absolute atomic E-state index is 10.9. The first kappa shape index (κ1) is 15.6. The number of benzene rings is 1. The maximum Gasteiger partial charge on any atom is 0.276 e. The molecule has 0 amide bonds. The molecule has 21 heavy (non-hydrogen) atoms. The number of rotatable bonds is 4. The van der Waals surface area contributed by atoms with Gasteiger partial charge in [0.1, 0.15) is 11.6 Å². The largest absolute Gasteiger partial charge is 0.373 e. The van der Waals surface area contributed by atoms with Crippen molar-refractivity contribution in [3.63, 3.8) is 0 Å². The highest BCUT2D eigenvalue weighted by molar-refractivity contribution is 6.44. The summed E-state index contributed by atoms with van der Waals surface area (Å²) >= 11 is 17.8. The SMILES string of the molecule is CNc1cc([N+](=O)[O-])cc(Nc2cc(Cl)c(Cl)cc2Cl)n1. The molecule has 6 nitrogen and oxygen atoms in total. The Bertz CT molecular complexity index is 709. The lowest BCUT2D eigenvalue weighted by atomic mass is 10.3. The van der Waals surface area contributed by atoms with E-state index in [2.05, 4.69) is 15.6 Å². The third-order valence-electron chi connectivity index (χ3n) is 2.55. The predicted octanol–water partition coefficient (Wildman–Crippen LogP) is 4.74. The molecule has 0 fully saturated rings. The van der Waals surface area contributed by atoms with Gasteiger partial charge in [-0.1, -0.05) is 34.8 Å². The fraction of sp³-hybridized carbons (Fsp3) is 0.0833. The number of anilines is 3. The summed E-state index contributed by atoms with van der Waals surface area (Å²) in [6.45, 7) is 0. The van der Waals surface area contributed by atoms with Crippen molar-refractivity contribution in [2.24, 2.45) is 0 Å². The molecule has 0 atom stereocenters. The average molecular weight is 348 g/mol. The second kappa shape index (κ2) is 6.34. The summed E-state index contributed by atoms with van der Waals surface area (Å²) in [4.78, 5) is 14.5. The summed E-state index contributed by atoms with van der Waals surface area (Å²) < 4.78 is 0. The van der Waals surface area contributed by atoms with Gasteiger partial charge in [0, 0.05) is 7.05 Å². The van der Waals surface area contributed by atoms with Crippen molar-refractivity contribution in [3.8, 4) is 0 Å². The highest BCUT2D eigenvalue weighted by atomic mass is 35.5. The molecule has 9 heteroatoms. The molecule has 0 saturated heterocycles. The van der Waals surface area contributed by atoms with Crippen LogP contribution in [0.15, 0.2) is 24.3 Å². The van der Waals surface area contributed by atoms with Crippen LogP contribution in [0, 0.1) is 10.1 Å². The molecule has 1 aromatic heterocycles. The predicted molar refractivity (Wildman–Crippen MR) is 85.2 cm³/mol. The lowest BCUT2D eigenvalue weighted by Gasteiger charge is -2.10. The van der Waals surface area contributed by atoms with Gasteiger partial charge >= 0.3 is 0 Å². The van der Waals surface area contributed by atoms with Crippen molar-refractivity contribution < 1.29 is 4.92 Å². The topological polar surface area (TPSA) is 80.1 Å². The molecule has 0 aliphatic carbocycles. The summed E-state index contributed by atoms with van der Waals surface area (Å²) in [5, 5.41) is 17.5. The van der Waals surface area contributed by atoms with Crippen LogP contribution >= 0.6 is 34.8 Å². The summed E-state index contributed by atoms with van der Waals surface area (Å²) in [6.07, 6.45) is 0. The molecule has 1 aromatic carbocycles. The van der Waals surface area contributed by atoms with E-state index in [0.29, 0.717) is 26.6 Å². The smallest absolute Gasteiger partial charge is 0.276 e. The summed E-state index contributed by atoms with van der Waals surface area (Å²) in [6, 6.07) is 5.61. The van der Waals surface area contributed by atoms with Gasteiger partial charge in [0.2, 0.25) is 0 Å². The first-order valence-corrected chi connectivity index (χ1v) is 6.80. The number of nitro groups is 1. The average Bonchev–Trinajstić information content (AvgIpc) is 2.44. The number of nitrogens with one attached hydrogen (secondary N) is 2. The monoisotopic (exact) mass is 346 g/mol. The van der Waals surface area contributed by atoms with Crippen molar-refractivity contribution in [2.75, 3.05) is 17.7 Å². The van der Waals surface area contributed by atoms with Gasteiger partial charge in [-0.2, -0.15) is 0 Å². The van der Waals surface area contributed by atoms with E-state index in [1.165, 1.54) is 24.3 Å². The van der Waals surface area contributed by atoms with Crippen LogP contribution in [0.3, 0.4) is 0 Å². The van der Waals surface area contributed by atoms with Gasteiger partial charge in [-0.25, -0.2) is 4.98 Å². The lowest BCUT2D eigenvalue weighted by Crippen LogP contribution is -2.00. The van der Waals surface area contributed by atoms with Crippen LogP contribution in [0.2, 0.25) is 15.1 Å². The van der Waals surface area contributed by atoms with Crippen LogP contribution < -0.4 is 10.6 Å². The molecule has 0 bridgehead atoms. The molecule has 0 aliphatic heterocycles. The van der Waals surface area contributed by atoms with E-state index in [9.17, 15) is 10.1 Å². The number of hydrogen-bond acceptors (Lipinski definition) is 5. The second-order valence-electron chi connectivity index (χ2n) is 3.97. The van der Waals surface area contributed by atoms with Crippen LogP contribution in [-0.4, -0.2) is 17.0 Å². The van der Waals surface area contributed by atoms with Crippen molar-refractivity contribution in [1.29, 1.82) is 0 Å². The highest BCUT2D eigenvalue weighted by Crippen LogP contribution is 2.34. The zero-order chi connectivity index (χ0) is 15.6. The Morgan fingerprint density at radius 2 is 1.67 bits per heavy atom. The molecule has 1 heterocycles. The maximum atomic E-state index is 10.9. The molecular formula is C12H9Cl3N4O2. The summed E-state index contributed by atoms with van der Waals surface area (Å²) in [5.41, 5.74) is 0.342. The zero-order valence-corrected chi connectivity index (χ0v) is 12.9. The molecule has 0 unspecified atom stereocenters. The molecule has 2 N–H and O–H groups in total. The molecule has 0 saturated carbocycles. The molecule has 2 rings (SSSR count). The van der Waals surface area contributed by atoms with Gasteiger partial charge in [-0.05, 0) is 12.1 Å². The molecule has 110 valence electrons. The number of halogens is 3. The quantitative estimate of drug-likeness (QED) is 0.474. The fourth-order valence-corrected chi connectivity index (χ4v) is 2.16. The summed E-state index contributed by atoms with van der Waals surface area (Å²) in [5.74, 6) is 0.608. The number of aromatic nitrogens is 1. The van der Waals surface area contributed by atoms with Crippen LogP contribution in [-0.2, 0) is 0 Å². The number of nitrogens with zero attached hydrogens (tertiary/aromatic N) is 2. The molecule has 0 spiro atoms. The van der Waals surface area contributed by atoms with Gasteiger partial charge in [-0.15, -0.1) is 0 Å². The van der Waals surface area contributed by atoms with Crippen molar-refractivity contribution in [1.82, 2.24) is 4.98 Å². The first-order chi connectivity index (χ1) is 9.90. The van der Waals surface area contributed by atoms with Gasteiger partial charge in [0.25, 0.3) is 5.69 Å². The Morgan fingerprint density at radius 3 is 2.29 bits per heavy atom. The zero-order valence-electron chi connectivity index (χ0n) is 10.7. The summed E-state index contributed by atoms with van der Waals surface area (Å²) in [7, 11) is 1.61. The minimum Gasteiger partial charge on any atom is -0.373 e. The Hall–Kier alpha value is -1.76. The normalized spacial score (nSPS) is 10.3. The van der Waals surface area contributed by atoms with Gasteiger partial charge in [-0.3, -0.25) is 10.1 Å². The van der Waals surface area contributed by atoms with Crippen molar-refractivity contribution in [3.05, 3.63) is 49.4 Å². The van der Waals surface area contributed by atoms with Crippen LogP contribution in [0.25, 0.3) is 0 Å². The van der Waals surface area contributed by atoms with Crippen LogP contribution in [0.5, 0.6) is 0 Å². The molecular weight excluding hydrogens is 339 g/mol. The Labute approximate surface area is 135 Å². The Morgan fingerprint density at radius 1 is 1.05 bits per heavy atom. The first-order valence-electron chi connectivity index (χ1n) is 5.66. The highest BCUT2D eigenvalue weighted by Gasteiger charge is 2.13. The Kier molecular flexibility index (Phi) is 4.72. The minimum atomic E-state index is -0.510. The fourth-order valence-electron chi connectivity index (χ4n) is 1.57. The van der Waals surface area contributed by atoms with Crippen molar-refractivity contribution in [2.45, 2.75) is 0 Å². The van der Waals surface area contributed by atoms with E-state index in [1.807, 2.05) is 0 Å². The van der Waals surface area contributed by atoms with E-state index >= 15 is 0 Å². The molecule has 2 aromatic rings. The van der Waals surface area contributed by atoms with Gasteiger partial charge < -0.3 is 10.6 Å². The number of hydrogen-bond donors (Lipinski definition) is 2. The van der Waals surface area contributed by atoms with E-state index in [0.717, 1.165) is 0 Å². The minimum absolute atomic E-state index is 0.104. The van der Waals surface area contributed by atoms with Crippen LogP contribution in [0.1, 0.15) is 0 Å². The molecule has 0 aliphatic rings. The van der Waals surface area contributed by atoms with Crippen LogP contribution in [0.4, 0.5) is 23.0 Å². The Balaban J connectivity index is 2.41. The number of pyridine rings is 1. The van der Waals surface area contributed by atoms with Gasteiger partial charge in [0.05, 0.1) is 37.8 Å². The van der Waals surface area contributed by atoms with E-state index in [4.69, 9.17) is 34.8 Å².